The molecule has 2 aromatic carbocycles. The topological polar surface area (TPSA) is 12.0 Å². The number of benzene rings is 2. The molecule has 0 heterocycles. The molecule has 0 spiro atoms. The average molecular weight is 350 g/mol. The van der Waals surface area contributed by atoms with Gasteiger partial charge in [-0.3, -0.25) is 0 Å². The molecule has 0 aliphatic carbocycles. The van der Waals surface area contributed by atoms with Gasteiger partial charge in [0.05, 0.1) is 0 Å². The smallest absolute Gasteiger partial charge is 0.123 e. The van der Waals surface area contributed by atoms with E-state index in [9.17, 15) is 4.39 Å². The molecule has 1 nitrogen and oxygen atoms in total. The minimum atomic E-state index is -0.173. The van der Waals surface area contributed by atoms with E-state index in [1.165, 1.54) is 22.8 Å². The molecule has 0 aliphatic rings. The van der Waals surface area contributed by atoms with Crippen LogP contribution in [0.1, 0.15) is 35.2 Å². The Balaban J connectivity index is 2.33. The first-order chi connectivity index (χ1) is 10.0. The van der Waals surface area contributed by atoms with Crippen LogP contribution < -0.4 is 5.32 Å². The lowest BCUT2D eigenvalue weighted by molar-refractivity contribution is 0.545. The average Bonchev–Trinajstić information content (AvgIpc) is 2.44. The highest BCUT2D eigenvalue weighted by molar-refractivity contribution is 9.10. The van der Waals surface area contributed by atoms with E-state index in [0.717, 1.165) is 23.0 Å². The fourth-order valence-electron chi connectivity index (χ4n) is 2.59. The number of hydrogen-bond donors (Lipinski definition) is 1. The van der Waals surface area contributed by atoms with Crippen LogP contribution >= 0.6 is 15.9 Å². The van der Waals surface area contributed by atoms with Crippen LogP contribution in [0.25, 0.3) is 0 Å². The molecule has 112 valence electrons. The van der Waals surface area contributed by atoms with Crippen LogP contribution in [-0.4, -0.2) is 6.54 Å². The summed E-state index contributed by atoms with van der Waals surface area (Å²) < 4.78 is 14.4. The monoisotopic (exact) mass is 349 g/mol. The number of halogens is 2. The van der Waals surface area contributed by atoms with Gasteiger partial charge in [0.1, 0.15) is 5.82 Å². The third-order valence-corrected chi connectivity index (χ3v) is 4.86. The molecular formula is C18H21BrFN. The largest absolute Gasteiger partial charge is 0.310 e. The lowest BCUT2D eigenvalue weighted by Crippen LogP contribution is -2.23. The zero-order chi connectivity index (χ0) is 15.4. The van der Waals surface area contributed by atoms with Crippen molar-refractivity contribution in [3.05, 3.63) is 68.9 Å². The first-order valence-corrected chi connectivity index (χ1v) is 8.05. The summed E-state index contributed by atoms with van der Waals surface area (Å²) >= 11 is 3.69. The van der Waals surface area contributed by atoms with Crippen molar-refractivity contribution in [3.63, 3.8) is 0 Å². The van der Waals surface area contributed by atoms with E-state index in [4.69, 9.17) is 0 Å². The third kappa shape index (κ3) is 3.92. The molecule has 1 N–H and O–H groups in total. The van der Waals surface area contributed by atoms with Crippen LogP contribution in [0.4, 0.5) is 4.39 Å². The quantitative estimate of drug-likeness (QED) is 0.791. The Morgan fingerprint density at radius 3 is 2.57 bits per heavy atom. The number of nitrogens with one attached hydrogen (secondary N) is 1. The van der Waals surface area contributed by atoms with Crippen molar-refractivity contribution in [2.24, 2.45) is 0 Å². The summed E-state index contributed by atoms with van der Waals surface area (Å²) in [5.41, 5.74) is 4.66. The van der Waals surface area contributed by atoms with E-state index < -0.39 is 0 Å². The summed E-state index contributed by atoms with van der Waals surface area (Å²) in [5.74, 6) is -0.173. The van der Waals surface area contributed by atoms with Gasteiger partial charge in [0.15, 0.2) is 0 Å². The first-order valence-electron chi connectivity index (χ1n) is 7.26. The summed E-state index contributed by atoms with van der Waals surface area (Å²) in [6.45, 7) is 7.06. The zero-order valence-electron chi connectivity index (χ0n) is 12.7. The van der Waals surface area contributed by atoms with Gasteiger partial charge < -0.3 is 5.32 Å². The normalized spacial score (nSPS) is 12.4. The van der Waals surface area contributed by atoms with E-state index >= 15 is 0 Å². The standard InChI is InChI=1S/C18H21BrFN/c1-4-21-17(16-7-5-6-12(2)18(16)19)11-14-8-9-15(20)10-13(14)3/h5-10,17,21H,4,11H2,1-3H3. The molecule has 0 saturated carbocycles. The van der Waals surface area contributed by atoms with Gasteiger partial charge in [0.25, 0.3) is 0 Å². The van der Waals surface area contributed by atoms with Crippen molar-refractivity contribution in [3.8, 4) is 0 Å². The second kappa shape index (κ2) is 7.19. The van der Waals surface area contributed by atoms with Crippen LogP contribution in [0.5, 0.6) is 0 Å². The Bertz CT molecular complexity index is 625. The minimum absolute atomic E-state index is 0.173. The summed E-state index contributed by atoms with van der Waals surface area (Å²) in [7, 11) is 0. The maximum atomic E-state index is 13.2. The van der Waals surface area contributed by atoms with Crippen molar-refractivity contribution >= 4 is 15.9 Å². The Kier molecular flexibility index (Phi) is 5.54. The van der Waals surface area contributed by atoms with E-state index in [-0.39, 0.29) is 11.9 Å². The molecule has 0 saturated heterocycles. The van der Waals surface area contributed by atoms with Gasteiger partial charge in [-0.05, 0) is 61.2 Å². The van der Waals surface area contributed by atoms with Crippen LogP contribution in [0, 0.1) is 19.7 Å². The number of likely N-dealkylation sites (N-methyl/N-ethyl adjacent to an activating group) is 1. The fourth-order valence-corrected chi connectivity index (χ4v) is 3.13. The van der Waals surface area contributed by atoms with Crippen molar-refractivity contribution in [1.82, 2.24) is 5.32 Å². The molecule has 0 bridgehead atoms. The summed E-state index contributed by atoms with van der Waals surface area (Å²) in [6.07, 6.45) is 0.849. The maximum Gasteiger partial charge on any atom is 0.123 e. The number of rotatable bonds is 5. The molecule has 3 heteroatoms. The lowest BCUT2D eigenvalue weighted by Gasteiger charge is -2.21. The molecule has 0 radical (unpaired) electrons. The summed E-state index contributed by atoms with van der Waals surface area (Å²) in [5, 5.41) is 3.53. The second-order valence-corrected chi connectivity index (χ2v) is 6.16. The molecule has 2 rings (SSSR count). The van der Waals surface area contributed by atoms with Crippen molar-refractivity contribution < 1.29 is 4.39 Å². The second-order valence-electron chi connectivity index (χ2n) is 5.36. The molecule has 1 unspecified atom stereocenters. The Morgan fingerprint density at radius 2 is 1.90 bits per heavy atom. The fraction of sp³-hybridized carbons (Fsp3) is 0.333. The van der Waals surface area contributed by atoms with Gasteiger partial charge in [-0.25, -0.2) is 4.39 Å². The predicted octanol–water partition coefficient (Wildman–Crippen LogP) is 5.10. The highest BCUT2D eigenvalue weighted by Crippen LogP contribution is 2.29. The van der Waals surface area contributed by atoms with Crippen molar-refractivity contribution in [1.29, 1.82) is 0 Å². The maximum absolute atomic E-state index is 13.2. The minimum Gasteiger partial charge on any atom is -0.310 e. The third-order valence-electron chi connectivity index (χ3n) is 3.78. The zero-order valence-corrected chi connectivity index (χ0v) is 14.3. The molecule has 21 heavy (non-hydrogen) atoms. The summed E-state index contributed by atoms with van der Waals surface area (Å²) in [6, 6.07) is 11.6. The Hall–Kier alpha value is -1.19. The number of aryl methyl sites for hydroxylation is 2. The molecule has 1 atom stereocenters. The van der Waals surface area contributed by atoms with Gasteiger partial charge in [0.2, 0.25) is 0 Å². The van der Waals surface area contributed by atoms with Crippen LogP contribution in [-0.2, 0) is 6.42 Å². The highest BCUT2D eigenvalue weighted by Gasteiger charge is 2.16. The predicted molar refractivity (Wildman–Crippen MR) is 90.1 cm³/mol. The van der Waals surface area contributed by atoms with E-state index in [0.29, 0.717) is 0 Å². The van der Waals surface area contributed by atoms with E-state index in [2.05, 4.69) is 53.3 Å². The molecule has 0 fully saturated rings. The Labute approximate surface area is 134 Å². The SMILES string of the molecule is CCNC(Cc1ccc(F)cc1C)c1cccc(C)c1Br. The van der Waals surface area contributed by atoms with Crippen molar-refractivity contribution in [2.45, 2.75) is 33.2 Å². The van der Waals surface area contributed by atoms with Gasteiger partial charge in [-0.15, -0.1) is 0 Å². The summed E-state index contributed by atoms with van der Waals surface area (Å²) in [4.78, 5) is 0. The van der Waals surface area contributed by atoms with Crippen molar-refractivity contribution in [2.75, 3.05) is 6.54 Å². The first kappa shape index (κ1) is 16.2. The van der Waals surface area contributed by atoms with Crippen LogP contribution in [0.3, 0.4) is 0 Å². The van der Waals surface area contributed by atoms with Crippen LogP contribution in [0.15, 0.2) is 40.9 Å². The highest BCUT2D eigenvalue weighted by atomic mass is 79.9. The Morgan fingerprint density at radius 1 is 1.14 bits per heavy atom. The molecule has 2 aromatic rings. The van der Waals surface area contributed by atoms with E-state index in [1.807, 2.05) is 13.0 Å². The van der Waals surface area contributed by atoms with E-state index in [1.54, 1.807) is 6.07 Å². The van der Waals surface area contributed by atoms with Gasteiger partial charge in [-0.1, -0.05) is 47.1 Å². The molecule has 0 aliphatic heterocycles. The van der Waals surface area contributed by atoms with Gasteiger partial charge in [-0.2, -0.15) is 0 Å². The van der Waals surface area contributed by atoms with Gasteiger partial charge in [0, 0.05) is 10.5 Å². The molecule has 0 aromatic heterocycles. The molecule has 0 amide bonds. The van der Waals surface area contributed by atoms with Crippen LogP contribution in [0.2, 0.25) is 0 Å². The molecular weight excluding hydrogens is 329 g/mol. The lowest BCUT2D eigenvalue weighted by atomic mass is 9.95. The van der Waals surface area contributed by atoms with Gasteiger partial charge >= 0.3 is 0 Å². The number of hydrogen-bond acceptors (Lipinski definition) is 1.